The normalized spacial score (nSPS) is 16.7. The monoisotopic (exact) mass is 207 g/mol. The summed E-state index contributed by atoms with van der Waals surface area (Å²) in [6, 6.07) is 0. The molecule has 3 nitrogen and oxygen atoms in total. The van der Waals surface area contributed by atoms with E-state index in [9.17, 15) is 4.79 Å². The van der Waals surface area contributed by atoms with Gasteiger partial charge in [0.15, 0.2) is 0 Å². The molecule has 0 saturated heterocycles. The molecule has 1 N–H and O–H groups in total. The number of rotatable bonds is 5. The van der Waals surface area contributed by atoms with E-state index in [0.29, 0.717) is 0 Å². The van der Waals surface area contributed by atoms with Crippen molar-refractivity contribution >= 4 is 5.91 Å². The molecule has 0 radical (unpaired) electrons. The molecule has 0 heterocycles. The zero-order valence-electron chi connectivity index (χ0n) is 9.03. The van der Waals surface area contributed by atoms with Gasteiger partial charge in [-0.2, -0.15) is 0 Å². The second-order valence-corrected chi connectivity index (χ2v) is 3.41. The highest BCUT2D eigenvalue weighted by atomic mass is 16.5. The molecule has 82 valence electrons. The van der Waals surface area contributed by atoms with E-state index in [4.69, 9.17) is 4.74 Å². The standard InChI is InChI=1S/C12H17NO2/c1-3-13-12(14)9-15-10(2)11-7-5-4-6-8-11/h3,5,7-8,10H,1,4,6,9H2,2H3,(H,13,14). The van der Waals surface area contributed by atoms with E-state index >= 15 is 0 Å². The van der Waals surface area contributed by atoms with Crippen LogP contribution < -0.4 is 5.32 Å². The van der Waals surface area contributed by atoms with Crippen molar-refractivity contribution in [1.29, 1.82) is 0 Å². The van der Waals surface area contributed by atoms with Crippen molar-refractivity contribution in [2.45, 2.75) is 25.9 Å². The molecule has 1 atom stereocenters. The lowest BCUT2D eigenvalue weighted by Crippen LogP contribution is -2.25. The third kappa shape index (κ3) is 4.13. The fraction of sp³-hybridized carbons (Fsp3) is 0.417. The highest BCUT2D eigenvalue weighted by Crippen LogP contribution is 2.15. The first kappa shape index (κ1) is 11.7. The molecule has 0 aromatic rings. The Hall–Kier alpha value is -1.35. The van der Waals surface area contributed by atoms with E-state index in [-0.39, 0.29) is 18.6 Å². The lowest BCUT2D eigenvalue weighted by Gasteiger charge is -2.15. The minimum Gasteiger partial charge on any atom is -0.364 e. The van der Waals surface area contributed by atoms with Crippen LogP contribution in [0.2, 0.25) is 0 Å². The Morgan fingerprint density at radius 3 is 3.13 bits per heavy atom. The molecule has 0 spiro atoms. The van der Waals surface area contributed by atoms with Gasteiger partial charge in [0.1, 0.15) is 6.61 Å². The molecular formula is C12H17NO2. The summed E-state index contributed by atoms with van der Waals surface area (Å²) in [5.74, 6) is -0.169. The summed E-state index contributed by atoms with van der Waals surface area (Å²) in [5.41, 5.74) is 1.15. The van der Waals surface area contributed by atoms with Crippen LogP contribution in [0.5, 0.6) is 0 Å². The van der Waals surface area contributed by atoms with Crippen molar-refractivity contribution in [1.82, 2.24) is 5.32 Å². The molecule has 3 heteroatoms. The maximum absolute atomic E-state index is 11.1. The van der Waals surface area contributed by atoms with Crippen molar-refractivity contribution in [3.05, 3.63) is 36.6 Å². The Balaban J connectivity index is 2.32. The number of nitrogens with one attached hydrogen (secondary N) is 1. The topological polar surface area (TPSA) is 38.3 Å². The first-order chi connectivity index (χ1) is 7.24. The van der Waals surface area contributed by atoms with Crippen LogP contribution in [0.25, 0.3) is 0 Å². The molecule has 1 aliphatic carbocycles. The van der Waals surface area contributed by atoms with E-state index in [1.165, 1.54) is 6.20 Å². The van der Waals surface area contributed by atoms with E-state index in [2.05, 4.69) is 30.1 Å². The molecule has 0 aliphatic heterocycles. The van der Waals surface area contributed by atoms with Crippen molar-refractivity contribution < 1.29 is 9.53 Å². The number of carbonyl (C=O) groups excluding carboxylic acids is 1. The van der Waals surface area contributed by atoms with E-state index < -0.39 is 0 Å². The van der Waals surface area contributed by atoms with Crippen molar-refractivity contribution in [2.75, 3.05) is 6.61 Å². The van der Waals surface area contributed by atoms with Gasteiger partial charge in [-0.05, 0) is 31.5 Å². The molecule has 0 bridgehead atoms. The number of hydrogen-bond acceptors (Lipinski definition) is 2. The summed E-state index contributed by atoms with van der Waals surface area (Å²) in [5, 5.41) is 2.47. The van der Waals surface area contributed by atoms with Crippen LogP contribution in [0.4, 0.5) is 0 Å². The van der Waals surface area contributed by atoms with Crippen molar-refractivity contribution in [2.24, 2.45) is 0 Å². The Kier molecular flexibility index (Phi) is 4.84. The van der Waals surface area contributed by atoms with E-state index in [1.807, 2.05) is 6.92 Å². The summed E-state index contributed by atoms with van der Waals surface area (Å²) in [4.78, 5) is 11.1. The van der Waals surface area contributed by atoms with Crippen LogP contribution in [0, 0.1) is 0 Å². The molecule has 0 aromatic heterocycles. The number of amides is 1. The summed E-state index contributed by atoms with van der Waals surface area (Å²) in [6.07, 6.45) is 9.80. The minimum atomic E-state index is -0.169. The second-order valence-electron chi connectivity index (χ2n) is 3.41. The quantitative estimate of drug-likeness (QED) is 0.748. The fourth-order valence-electron chi connectivity index (χ4n) is 1.39. The highest BCUT2D eigenvalue weighted by Gasteiger charge is 2.09. The lowest BCUT2D eigenvalue weighted by molar-refractivity contribution is -0.125. The van der Waals surface area contributed by atoms with Crippen molar-refractivity contribution in [3.8, 4) is 0 Å². The molecule has 1 rings (SSSR count). The molecule has 1 amide bonds. The molecule has 1 aliphatic rings. The SMILES string of the molecule is C=CNC(=O)COC(C)C1=CCCC=C1. The number of allylic oxidation sites excluding steroid dienone is 2. The van der Waals surface area contributed by atoms with Crippen LogP contribution >= 0.6 is 0 Å². The molecular weight excluding hydrogens is 190 g/mol. The Labute approximate surface area is 90.5 Å². The van der Waals surface area contributed by atoms with Gasteiger partial charge in [0.25, 0.3) is 0 Å². The van der Waals surface area contributed by atoms with Gasteiger partial charge in [-0.15, -0.1) is 0 Å². The van der Waals surface area contributed by atoms with Gasteiger partial charge in [-0.3, -0.25) is 4.79 Å². The van der Waals surface area contributed by atoms with Gasteiger partial charge in [0.2, 0.25) is 5.91 Å². The van der Waals surface area contributed by atoms with Crippen LogP contribution in [-0.2, 0) is 9.53 Å². The maximum atomic E-state index is 11.1. The minimum absolute atomic E-state index is 0.0304. The molecule has 0 fully saturated rings. The number of hydrogen-bond donors (Lipinski definition) is 1. The first-order valence-electron chi connectivity index (χ1n) is 5.12. The Morgan fingerprint density at radius 1 is 1.73 bits per heavy atom. The molecule has 0 aromatic carbocycles. The summed E-state index contributed by atoms with van der Waals surface area (Å²) >= 11 is 0. The lowest BCUT2D eigenvalue weighted by atomic mass is 10.0. The molecule has 15 heavy (non-hydrogen) atoms. The van der Waals surface area contributed by atoms with Gasteiger partial charge in [-0.25, -0.2) is 0 Å². The second kappa shape index (κ2) is 6.19. The van der Waals surface area contributed by atoms with Gasteiger partial charge in [0.05, 0.1) is 6.10 Å². The van der Waals surface area contributed by atoms with Crippen LogP contribution in [0.1, 0.15) is 19.8 Å². The van der Waals surface area contributed by atoms with Crippen LogP contribution in [-0.4, -0.2) is 18.6 Å². The highest BCUT2D eigenvalue weighted by molar-refractivity contribution is 5.78. The summed E-state index contributed by atoms with van der Waals surface area (Å²) in [6.45, 7) is 5.42. The molecule has 0 saturated carbocycles. The third-order valence-electron chi connectivity index (χ3n) is 2.22. The number of ether oxygens (including phenoxy) is 1. The Bertz CT molecular complexity index is 292. The van der Waals surface area contributed by atoms with Gasteiger partial charge >= 0.3 is 0 Å². The average Bonchev–Trinajstić information content (AvgIpc) is 2.27. The van der Waals surface area contributed by atoms with Gasteiger partial charge in [-0.1, -0.05) is 24.8 Å². The van der Waals surface area contributed by atoms with Crippen LogP contribution in [0.15, 0.2) is 36.6 Å². The van der Waals surface area contributed by atoms with Crippen LogP contribution in [0.3, 0.4) is 0 Å². The summed E-state index contributed by atoms with van der Waals surface area (Å²) in [7, 11) is 0. The van der Waals surface area contributed by atoms with E-state index in [0.717, 1.165) is 18.4 Å². The average molecular weight is 207 g/mol. The smallest absolute Gasteiger partial charge is 0.249 e. The van der Waals surface area contributed by atoms with Crippen molar-refractivity contribution in [3.63, 3.8) is 0 Å². The van der Waals surface area contributed by atoms with E-state index in [1.54, 1.807) is 0 Å². The maximum Gasteiger partial charge on any atom is 0.249 e. The fourth-order valence-corrected chi connectivity index (χ4v) is 1.39. The predicted molar refractivity (Wildman–Crippen MR) is 60.2 cm³/mol. The summed E-state index contributed by atoms with van der Waals surface area (Å²) < 4.78 is 5.42. The largest absolute Gasteiger partial charge is 0.364 e. The van der Waals surface area contributed by atoms with Gasteiger partial charge in [0, 0.05) is 0 Å². The zero-order chi connectivity index (χ0) is 11.1. The predicted octanol–water partition coefficient (Wildman–Crippen LogP) is 1.93. The van der Waals surface area contributed by atoms with Gasteiger partial charge < -0.3 is 10.1 Å². The number of carbonyl (C=O) groups is 1. The third-order valence-corrected chi connectivity index (χ3v) is 2.22. The Morgan fingerprint density at radius 2 is 2.53 bits per heavy atom. The first-order valence-corrected chi connectivity index (χ1v) is 5.12. The zero-order valence-corrected chi connectivity index (χ0v) is 9.03. The molecule has 1 unspecified atom stereocenters.